The van der Waals surface area contributed by atoms with Crippen molar-refractivity contribution < 1.29 is 28.6 Å². The van der Waals surface area contributed by atoms with E-state index in [0.717, 1.165) is 19.4 Å². The molecular weight excluding hydrogens is 410 g/mol. The van der Waals surface area contributed by atoms with E-state index in [1.165, 1.54) is 0 Å². The summed E-state index contributed by atoms with van der Waals surface area (Å²) in [6, 6.07) is 13.1. The Bertz CT molecular complexity index is 914. The number of benzene rings is 2. The SMILES string of the molecule is CC(C)CC(=O)Nc1ccc(C(=O)COC(=O)c2ccc(OCC3CCCO3)cc2)cc1. The van der Waals surface area contributed by atoms with E-state index in [-0.39, 0.29) is 30.3 Å². The van der Waals surface area contributed by atoms with Crippen molar-refractivity contribution in [2.75, 3.05) is 25.1 Å². The van der Waals surface area contributed by atoms with Crippen molar-refractivity contribution in [1.29, 1.82) is 0 Å². The van der Waals surface area contributed by atoms with Gasteiger partial charge in [0.15, 0.2) is 12.4 Å². The molecule has 7 heteroatoms. The standard InChI is InChI=1S/C25H29NO6/c1-17(2)14-24(28)26-20-9-5-18(6-10-20)23(27)16-32-25(29)19-7-11-21(12-8-19)31-15-22-4-3-13-30-22/h5-12,17,22H,3-4,13-16H2,1-2H3,(H,26,28). The van der Waals surface area contributed by atoms with E-state index in [1.54, 1.807) is 48.5 Å². The molecule has 0 aromatic heterocycles. The van der Waals surface area contributed by atoms with E-state index in [2.05, 4.69) is 5.32 Å². The van der Waals surface area contributed by atoms with Crippen molar-refractivity contribution in [3.63, 3.8) is 0 Å². The molecule has 0 bridgehead atoms. The van der Waals surface area contributed by atoms with Crippen LogP contribution in [0.4, 0.5) is 5.69 Å². The third-order valence-electron chi connectivity index (χ3n) is 4.97. The number of anilines is 1. The van der Waals surface area contributed by atoms with Crippen molar-refractivity contribution in [2.45, 2.75) is 39.2 Å². The quantitative estimate of drug-likeness (QED) is 0.439. The highest BCUT2D eigenvalue weighted by Gasteiger charge is 2.16. The van der Waals surface area contributed by atoms with Crippen molar-refractivity contribution >= 4 is 23.3 Å². The van der Waals surface area contributed by atoms with Crippen LogP contribution in [0.3, 0.4) is 0 Å². The maximum atomic E-state index is 12.3. The number of hydrogen-bond donors (Lipinski definition) is 1. The molecule has 1 aliphatic heterocycles. The van der Waals surface area contributed by atoms with Crippen LogP contribution in [-0.4, -0.2) is 43.6 Å². The number of rotatable bonds is 10. The highest BCUT2D eigenvalue weighted by molar-refractivity contribution is 6.00. The van der Waals surface area contributed by atoms with Gasteiger partial charge in [0, 0.05) is 24.3 Å². The van der Waals surface area contributed by atoms with Crippen LogP contribution in [0, 0.1) is 5.92 Å². The summed E-state index contributed by atoms with van der Waals surface area (Å²) in [4.78, 5) is 36.4. The minimum absolute atomic E-state index is 0.0729. The molecule has 1 atom stereocenters. The van der Waals surface area contributed by atoms with Crippen LogP contribution >= 0.6 is 0 Å². The fourth-order valence-electron chi connectivity index (χ4n) is 3.27. The largest absolute Gasteiger partial charge is 0.491 e. The summed E-state index contributed by atoms with van der Waals surface area (Å²) in [7, 11) is 0. The Morgan fingerprint density at radius 2 is 1.72 bits per heavy atom. The van der Waals surface area contributed by atoms with Crippen LogP contribution in [0.5, 0.6) is 5.75 Å². The van der Waals surface area contributed by atoms with E-state index in [9.17, 15) is 14.4 Å². The van der Waals surface area contributed by atoms with Crippen LogP contribution in [0.2, 0.25) is 0 Å². The fraction of sp³-hybridized carbons (Fsp3) is 0.400. The molecule has 3 rings (SSSR count). The number of hydrogen-bond acceptors (Lipinski definition) is 6. The number of carbonyl (C=O) groups is 3. The van der Waals surface area contributed by atoms with Crippen LogP contribution in [-0.2, 0) is 14.3 Å². The van der Waals surface area contributed by atoms with Crippen LogP contribution in [0.1, 0.15) is 53.8 Å². The average Bonchev–Trinajstić information content (AvgIpc) is 3.30. The molecule has 1 fully saturated rings. The Kier molecular flexibility index (Phi) is 8.39. The van der Waals surface area contributed by atoms with Gasteiger partial charge in [-0.2, -0.15) is 0 Å². The summed E-state index contributed by atoms with van der Waals surface area (Å²) in [5.74, 6) is -0.0673. The van der Waals surface area contributed by atoms with Gasteiger partial charge in [0.25, 0.3) is 0 Å². The van der Waals surface area contributed by atoms with Crippen molar-refractivity contribution in [3.05, 3.63) is 59.7 Å². The van der Waals surface area contributed by atoms with Gasteiger partial charge < -0.3 is 19.5 Å². The molecule has 1 N–H and O–H groups in total. The lowest BCUT2D eigenvalue weighted by molar-refractivity contribution is -0.116. The second-order valence-corrected chi connectivity index (χ2v) is 8.19. The zero-order chi connectivity index (χ0) is 22.9. The molecule has 2 aromatic rings. The van der Waals surface area contributed by atoms with Crippen molar-refractivity contribution in [2.24, 2.45) is 5.92 Å². The van der Waals surface area contributed by atoms with E-state index < -0.39 is 5.97 Å². The molecular formula is C25H29NO6. The number of nitrogens with one attached hydrogen (secondary N) is 1. The van der Waals surface area contributed by atoms with Gasteiger partial charge in [-0.3, -0.25) is 9.59 Å². The fourth-order valence-corrected chi connectivity index (χ4v) is 3.27. The predicted molar refractivity (Wildman–Crippen MR) is 120 cm³/mol. The number of ether oxygens (including phenoxy) is 3. The Hall–Kier alpha value is -3.19. The molecule has 1 heterocycles. The van der Waals surface area contributed by atoms with Gasteiger partial charge >= 0.3 is 5.97 Å². The topological polar surface area (TPSA) is 90.9 Å². The van der Waals surface area contributed by atoms with Crippen LogP contribution in [0.15, 0.2) is 48.5 Å². The van der Waals surface area contributed by atoms with Crippen LogP contribution < -0.4 is 10.1 Å². The number of ketones is 1. The lowest BCUT2D eigenvalue weighted by Gasteiger charge is -2.11. The third kappa shape index (κ3) is 7.20. The molecule has 1 aliphatic rings. The number of amides is 1. The molecule has 1 unspecified atom stereocenters. The highest BCUT2D eigenvalue weighted by Crippen LogP contribution is 2.17. The first kappa shape index (κ1) is 23.5. The molecule has 1 amide bonds. The monoisotopic (exact) mass is 439 g/mol. The van der Waals surface area contributed by atoms with Crippen molar-refractivity contribution in [3.8, 4) is 5.75 Å². The first-order chi connectivity index (χ1) is 15.4. The first-order valence-corrected chi connectivity index (χ1v) is 10.9. The summed E-state index contributed by atoms with van der Waals surface area (Å²) in [6.45, 7) is 4.83. The van der Waals surface area contributed by atoms with E-state index in [4.69, 9.17) is 14.2 Å². The normalized spacial score (nSPS) is 15.4. The minimum atomic E-state index is -0.582. The number of carbonyl (C=O) groups excluding carboxylic acids is 3. The molecule has 2 aromatic carbocycles. The summed E-state index contributed by atoms with van der Waals surface area (Å²) in [5.41, 5.74) is 1.36. The second-order valence-electron chi connectivity index (χ2n) is 8.19. The zero-order valence-electron chi connectivity index (χ0n) is 18.5. The number of esters is 1. The van der Waals surface area contributed by atoms with Gasteiger partial charge in [-0.15, -0.1) is 0 Å². The third-order valence-corrected chi connectivity index (χ3v) is 4.97. The van der Waals surface area contributed by atoms with Gasteiger partial charge in [-0.25, -0.2) is 4.79 Å². The second kappa shape index (κ2) is 11.4. The van der Waals surface area contributed by atoms with Gasteiger partial charge in [-0.1, -0.05) is 13.8 Å². The Labute approximate surface area is 188 Å². The average molecular weight is 440 g/mol. The molecule has 0 saturated carbocycles. The molecule has 1 saturated heterocycles. The zero-order valence-corrected chi connectivity index (χ0v) is 18.5. The summed E-state index contributed by atoms with van der Waals surface area (Å²) >= 11 is 0. The lowest BCUT2D eigenvalue weighted by Crippen LogP contribution is -2.16. The van der Waals surface area contributed by atoms with Crippen molar-refractivity contribution in [1.82, 2.24) is 0 Å². The Morgan fingerprint density at radius 1 is 1.03 bits per heavy atom. The minimum Gasteiger partial charge on any atom is -0.491 e. The predicted octanol–water partition coefficient (Wildman–Crippen LogP) is 4.27. The molecule has 32 heavy (non-hydrogen) atoms. The van der Waals surface area contributed by atoms with Gasteiger partial charge in [0.2, 0.25) is 5.91 Å². The molecule has 7 nitrogen and oxygen atoms in total. The smallest absolute Gasteiger partial charge is 0.338 e. The highest BCUT2D eigenvalue weighted by atomic mass is 16.5. The number of Topliss-reactive ketones (excluding diaryl/α,β-unsaturated/α-hetero) is 1. The van der Waals surface area contributed by atoms with Gasteiger partial charge in [0.05, 0.1) is 11.7 Å². The lowest BCUT2D eigenvalue weighted by atomic mass is 10.1. The first-order valence-electron chi connectivity index (χ1n) is 10.9. The maximum Gasteiger partial charge on any atom is 0.338 e. The summed E-state index contributed by atoms with van der Waals surface area (Å²) < 4.78 is 16.3. The molecule has 0 aliphatic carbocycles. The van der Waals surface area contributed by atoms with Gasteiger partial charge in [0.1, 0.15) is 12.4 Å². The maximum absolute atomic E-state index is 12.3. The summed E-state index contributed by atoms with van der Waals surface area (Å²) in [5, 5.41) is 2.79. The van der Waals surface area contributed by atoms with Crippen LogP contribution in [0.25, 0.3) is 0 Å². The summed E-state index contributed by atoms with van der Waals surface area (Å²) in [6.07, 6.45) is 2.60. The molecule has 0 radical (unpaired) electrons. The van der Waals surface area contributed by atoms with E-state index in [0.29, 0.717) is 35.6 Å². The van der Waals surface area contributed by atoms with E-state index >= 15 is 0 Å². The van der Waals surface area contributed by atoms with Gasteiger partial charge in [-0.05, 0) is 67.3 Å². The van der Waals surface area contributed by atoms with E-state index in [1.807, 2.05) is 13.8 Å². The molecule has 0 spiro atoms. The molecule has 170 valence electrons. The Balaban J connectivity index is 1.44. The Morgan fingerprint density at radius 3 is 2.34 bits per heavy atom.